The van der Waals surface area contributed by atoms with Crippen LogP contribution in [0, 0.1) is 5.92 Å². The van der Waals surface area contributed by atoms with E-state index in [9.17, 15) is 14.4 Å². The first kappa shape index (κ1) is 13.3. The second-order valence-electron chi connectivity index (χ2n) is 4.19. The monoisotopic (exact) mass is 243 g/mol. The van der Waals surface area contributed by atoms with Crippen molar-refractivity contribution in [1.29, 1.82) is 0 Å². The molecule has 5 N–H and O–H groups in total. The highest BCUT2D eigenvalue weighted by atomic mass is 16.4. The molecule has 0 spiro atoms. The Hall–Kier alpha value is -1.79. The van der Waals surface area contributed by atoms with Crippen LogP contribution >= 0.6 is 0 Å². The van der Waals surface area contributed by atoms with E-state index >= 15 is 0 Å². The molecular formula is C10H17N3O4. The SMILES string of the molecule is NC(=O)CC(NC(=O)NCCC1CC1)C(=O)O. The maximum Gasteiger partial charge on any atom is 0.326 e. The summed E-state index contributed by atoms with van der Waals surface area (Å²) in [6, 6.07) is -1.85. The number of hydrogen-bond acceptors (Lipinski definition) is 3. The molecule has 0 radical (unpaired) electrons. The molecular weight excluding hydrogens is 226 g/mol. The van der Waals surface area contributed by atoms with E-state index in [1.165, 1.54) is 12.8 Å². The first-order valence-corrected chi connectivity index (χ1v) is 5.54. The predicted molar refractivity (Wildman–Crippen MR) is 59.1 cm³/mol. The Morgan fingerprint density at radius 2 is 2.00 bits per heavy atom. The van der Waals surface area contributed by atoms with Gasteiger partial charge in [-0.1, -0.05) is 12.8 Å². The van der Waals surface area contributed by atoms with E-state index in [2.05, 4.69) is 10.6 Å². The number of hydrogen-bond donors (Lipinski definition) is 4. The van der Waals surface area contributed by atoms with Gasteiger partial charge in [-0.05, 0) is 12.3 Å². The number of rotatable bonds is 7. The molecule has 17 heavy (non-hydrogen) atoms. The molecule has 1 atom stereocenters. The number of carbonyl (C=O) groups is 3. The van der Waals surface area contributed by atoms with Crippen LogP contribution in [-0.2, 0) is 9.59 Å². The zero-order valence-corrected chi connectivity index (χ0v) is 9.44. The number of primary amides is 1. The largest absolute Gasteiger partial charge is 0.480 e. The minimum absolute atomic E-state index is 0.411. The van der Waals surface area contributed by atoms with Gasteiger partial charge in [0.05, 0.1) is 6.42 Å². The van der Waals surface area contributed by atoms with Crippen molar-refractivity contribution >= 4 is 17.9 Å². The molecule has 1 aliphatic rings. The zero-order chi connectivity index (χ0) is 12.8. The third-order valence-corrected chi connectivity index (χ3v) is 2.54. The topological polar surface area (TPSA) is 122 Å². The number of nitrogens with two attached hydrogens (primary N) is 1. The summed E-state index contributed by atoms with van der Waals surface area (Å²) in [5.41, 5.74) is 4.88. The molecule has 0 aromatic carbocycles. The molecule has 0 aromatic heterocycles. The Morgan fingerprint density at radius 1 is 1.35 bits per heavy atom. The van der Waals surface area contributed by atoms with Crippen molar-refractivity contribution in [2.75, 3.05) is 6.54 Å². The van der Waals surface area contributed by atoms with Crippen LogP contribution in [0.4, 0.5) is 4.79 Å². The third kappa shape index (κ3) is 5.74. The average molecular weight is 243 g/mol. The Balaban J connectivity index is 2.24. The van der Waals surface area contributed by atoms with Gasteiger partial charge in [0.25, 0.3) is 0 Å². The number of carbonyl (C=O) groups excluding carboxylic acids is 2. The number of nitrogens with one attached hydrogen (secondary N) is 2. The number of amides is 3. The molecule has 7 heteroatoms. The lowest BCUT2D eigenvalue weighted by Crippen LogP contribution is -2.47. The Bertz CT molecular complexity index is 315. The fraction of sp³-hybridized carbons (Fsp3) is 0.700. The minimum Gasteiger partial charge on any atom is -0.480 e. The Kier molecular flexibility index (Phi) is 4.74. The highest BCUT2D eigenvalue weighted by Crippen LogP contribution is 2.31. The van der Waals surface area contributed by atoms with Crippen LogP contribution in [0.25, 0.3) is 0 Å². The van der Waals surface area contributed by atoms with Gasteiger partial charge in [-0.15, -0.1) is 0 Å². The molecule has 0 bridgehead atoms. The lowest BCUT2D eigenvalue weighted by Gasteiger charge is -2.13. The maximum absolute atomic E-state index is 11.3. The fourth-order valence-corrected chi connectivity index (χ4v) is 1.41. The van der Waals surface area contributed by atoms with E-state index < -0.39 is 30.4 Å². The molecule has 0 heterocycles. The summed E-state index contributed by atoms with van der Waals surface area (Å²) in [4.78, 5) is 32.6. The quantitative estimate of drug-likeness (QED) is 0.477. The lowest BCUT2D eigenvalue weighted by atomic mass is 10.2. The fourth-order valence-electron chi connectivity index (χ4n) is 1.41. The third-order valence-electron chi connectivity index (χ3n) is 2.54. The van der Waals surface area contributed by atoms with Gasteiger partial charge in [-0.2, -0.15) is 0 Å². The summed E-state index contributed by atoms with van der Waals surface area (Å²) in [7, 11) is 0. The molecule has 1 aliphatic carbocycles. The van der Waals surface area contributed by atoms with Gasteiger partial charge in [0.1, 0.15) is 6.04 Å². The molecule has 7 nitrogen and oxygen atoms in total. The van der Waals surface area contributed by atoms with E-state index in [1.807, 2.05) is 0 Å². The molecule has 1 unspecified atom stereocenters. The van der Waals surface area contributed by atoms with Crippen LogP contribution < -0.4 is 16.4 Å². The molecule has 0 aliphatic heterocycles. The highest BCUT2D eigenvalue weighted by Gasteiger charge is 2.23. The van der Waals surface area contributed by atoms with Crippen molar-refractivity contribution in [3.05, 3.63) is 0 Å². The standard InChI is InChI=1S/C10H17N3O4/c11-8(14)5-7(9(15)16)13-10(17)12-4-3-6-1-2-6/h6-7H,1-5H2,(H2,11,14)(H,15,16)(H2,12,13,17). The van der Waals surface area contributed by atoms with Crippen molar-refractivity contribution in [3.8, 4) is 0 Å². The maximum atomic E-state index is 11.3. The second-order valence-corrected chi connectivity index (χ2v) is 4.19. The van der Waals surface area contributed by atoms with E-state index in [-0.39, 0.29) is 0 Å². The van der Waals surface area contributed by atoms with E-state index in [0.717, 1.165) is 6.42 Å². The van der Waals surface area contributed by atoms with Crippen molar-refractivity contribution in [1.82, 2.24) is 10.6 Å². The van der Waals surface area contributed by atoms with Crippen molar-refractivity contribution in [2.45, 2.75) is 31.7 Å². The summed E-state index contributed by atoms with van der Waals surface area (Å²) in [5.74, 6) is -1.35. The van der Waals surface area contributed by atoms with Crippen molar-refractivity contribution in [2.24, 2.45) is 11.7 Å². The Labute approximate surface area is 98.7 Å². The summed E-state index contributed by atoms with van der Waals surface area (Å²) < 4.78 is 0. The Morgan fingerprint density at radius 3 is 2.47 bits per heavy atom. The first-order chi connectivity index (χ1) is 7.99. The van der Waals surface area contributed by atoms with Gasteiger partial charge in [0, 0.05) is 6.54 Å². The minimum atomic E-state index is -1.28. The number of urea groups is 1. The van der Waals surface area contributed by atoms with Gasteiger partial charge in [-0.3, -0.25) is 4.79 Å². The van der Waals surface area contributed by atoms with E-state index in [0.29, 0.717) is 12.5 Å². The highest BCUT2D eigenvalue weighted by molar-refractivity contribution is 5.87. The summed E-state index contributed by atoms with van der Waals surface area (Å²) in [6.45, 7) is 0.513. The first-order valence-electron chi connectivity index (χ1n) is 5.54. The summed E-state index contributed by atoms with van der Waals surface area (Å²) in [5, 5.41) is 13.5. The van der Waals surface area contributed by atoms with Crippen LogP contribution in [0.5, 0.6) is 0 Å². The number of carboxylic acids is 1. The van der Waals surface area contributed by atoms with Crippen molar-refractivity contribution < 1.29 is 19.5 Å². The van der Waals surface area contributed by atoms with Crippen LogP contribution in [0.1, 0.15) is 25.7 Å². The van der Waals surface area contributed by atoms with Crippen LogP contribution in [0.3, 0.4) is 0 Å². The molecule has 0 aromatic rings. The summed E-state index contributed by atoms with van der Waals surface area (Å²) in [6.07, 6.45) is 2.89. The molecule has 3 amide bonds. The number of aliphatic carboxylic acids is 1. The zero-order valence-electron chi connectivity index (χ0n) is 9.44. The van der Waals surface area contributed by atoms with Crippen LogP contribution in [0.15, 0.2) is 0 Å². The summed E-state index contributed by atoms with van der Waals surface area (Å²) >= 11 is 0. The van der Waals surface area contributed by atoms with Gasteiger partial charge < -0.3 is 21.5 Å². The normalized spacial score (nSPS) is 16.0. The molecule has 96 valence electrons. The van der Waals surface area contributed by atoms with Gasteiger partial charge >= 0.3 is 12.0 Å². The predicted octanol–water partition coefficient (Wildman–Crippen LogP) is -0.586. The molecule has 0 saturated heterocycles. The van der Waals surface area contributed by atoms with Crippen molar-refractivity contribution in [3.63, 3.8) is 0 Å². The van der Waals surface area contributed by atoms with Gasteiger partial charge in [0.2, 0.25) is 5.91 Å². The molecule has 1 rings (SSSR count). The van der Waals surface area contributed by atoms with Crippen LogP contribution in [-0.4, -0.2) is 35.6 Å². The lowest BCUT2D eigenvalue weighted by molar-refractivity contribution is -0.140. The second kappa shape index (κ2) is 6.07. The smallest absolute Gasteiger partial charge is 0.326 e. The van der Waals surface area contributed by atoms with E-state index in [4.69, 9.17) is 10.8 Å². The van der Waals surface area contributed by atoms with Gasteiger partial charge in [-0.25, -0.2) is 9.59 Å². The van der Waals surface area contributed by atoms with E-state index in [1.54, 1.807) is 0 Å². The molecule has 1 fully saturated rings. The molecule has 1 saturated carbocycles. The van der Waals surface area contributed by atoms with Crippen LogP contribution in [0.2, 0.25) is 0 Å². The average Bonchev–Trinajstić information content (AvgIpc) is 2.99. The number of carboxylic acid groups (broad SMARTS) is 1. The van der Waals surface area contributed by atoms with Gasteiger partial charge in [0.15, 0.2) is 0 Å².